The van der Waals surface area contributed by atoms with Crippen molar-refractivity contribution in [2.45, 2.75) is 69.6 Å². The van der Waals surface area contributed by atoms with Gasteiger partial charge in [-0.3, -0.25) is 0 Å². The molecule has 0 spiro atoms. The molecule has 2 heteroatoms. The van der Waals surface area contributed by atoms with Gasteiger partial charge in [0, 0.05) is 5.54 Å². The van der Waals surface area contributed by atoms with Crippen LogP contribution >= 0.6 is 0 Å². The maximum absolute atomic E-state index is 6.30. The van der Waals surface area contributed by atoms with Crippen molar-refractivity contribution in [3.8, 4) is 0 Å². The van der Waals surface area contributed by atoms with Crippen LogP contribution in [0.2, 0.25) is 0 Å². The lowest BCUT2D eigenvalue weighted by Gasteiger charge is -2.26. The molecule has 0 radical (unpaired) electrons. The van der Waals surface area contributed by atoms with E-state index in [1.165, 1.54) is 38.5 Å². The molecule has 1 aliphatic heterocycles. The highest BCUT2D eigenvalue weighted by atomic mass is 16.5. The van der Waals surface area contributed by atoms with Crippen LogP contribution in [0.5, 0.6) is 0 Å². The lowest BCUT2D eigenvalue weighted by atomic mass is 9.90. The summed E-state index contributed by atoms with van der Waals surface area (Å²) in [6.07, 6.45) is 9.52. The normalized spacial score (nSPS) is 38.3. The van der Waals surface area contributed by atoms with Crippen molar-refractivity contribution in [2.24, 2.45) is 5.73 Å². The number of rotatable bonds is 2. The van der Waals surface area contributed by atoms with Gasteiger partial charge in [0.05, 0.1) is 12.2 Å². The largest absolute Gasteiger partial charge is 0.375 e. The molecule has 0 amide bonds. The van der Waals surface area contributed by atoms with E-state index in [0.29, 0.717) is 12.2 Å². The van der Waals surface area contributed by atoms with Crippen LogP contribution in [0.3, 0.4) is 0 Å². The van der Waals surface area contributed by atoms with Gasteiger partial charge in [0.25, 0.3) is 0 Å². The highest BCUT2D eigenvalue weighted by molar-refractivity contribution is 4.92. The maximum Gasteiger partial charge on any atom is 0.0597 e. The van der Waals surface area contributed by atoms with E-state index < -0.39 is 0 Å². The Bertz CT molecular complexity index is 175. The van der Waals surface area contributed by atoms with Crippen LogP contribution in [0.25, 0.3) is 0 Å². The molecule has 76 valence electrons. The predicted molar refractivity (Wildman–Crippen MR) is 53.6 cm³/mol. The fraction of sp³-hybridized carbons (Fsp3) is 1.00. The van der Waals surface area contributed by atoms with Crippen molar-refractivity contribution < 1.29 is 4.74 Å². The second-order valence-corrected chi connectivity index (χ2v) is 4.92. The molecule has 0 bridgehead atoms. The SMILES string of the molecule is CC1CCC(CC2(N)CCCC2)O1. The smallest absolute Gasteiger partial charge is 0.0597 e. The van der Waals surface area contributed by atoms with Crippen LogP contribution in [0.15, 0.2) is 0 Å². The molecule has 2 atom stereocenters. The second-order valence-electron chi connectivity index (χ2n) is 4.92. The van der Waals surface area contributed by atoms with E-state index >= 15 is 0 Å². The third-order valence-electron chi connectivity index (χ3n) is 3.55. The molecule has 2 unspecified atom stereocenters. The molecule has 2 fully saturated rings. The molecule has 1 aliphatic carbocycles. The third-order valence-corrected chi connectivity index (χ3v) is 3.55. The second kappa shape index (κ2) is 3.58. The van der Waals surface area contributed by atoms with Crippen molar-refractivity contribution in [2.75, 3.05) is 0 Å². The van der Waals surface area contributed by atoms with Gasteiger partial charge in [-0.1, -0.05) is 12.8 Å². The Morgan fingerprint density at radius 2 is 2.00 bits per heavy atom. The Kier molecular flexibility index (Phi) is 2.61. The topological polar surface area (TPSA) is 35.2 Å². The lowest BCUT2D eigenvalue weighted by Crippen LogP contribution is -2.39. The molecule has 0 aromatic heterocycles. The average Bonchev–Trinajstić information content (AvgIpc) is 2.62. The van der Waals surface area contributed by atoms with Gasteiger partial charge in [-0.05, 0) is 39.0 Å². The van der Waals surface area contributed by atoms with Gasteiger partial charge in [0.15, 0.2) is 0 Å². The Balaban J connectivity index is 1.83. The van der Waals surface area contributed by atoms with Crippen molar-refractivity contribution in [1.29, 1.82) is 0 Å². The average molecular weight is 183 g/mol. The Hall–Kier alpha value is -0.0800. The maximum atomic E-state index is 6.30. The van der Waals surface area contributed by atoms with E-state index in [-0.39, 0.29) is 5.54 Å². The number of nitrogens with two attached hydrogens (primary N) is 1. The van der Waals surface area contributed by atoms with Crippen molar-refractivity contribution in [3.63, 3.8) is 0 Å². The summed E-state index contributed by atoms with van der Waals surface area (Å²) in [5.41, 5.74) is 6.42. The van der Waals surface area contributed by atoms with Gasteiger partial charge < -0.3 is 10.5 Å². The lowest BCUT2D eigenvalue weighted by molar-refractivity contribution is 0.0372. The Morgan fingerprint density at radius 3 is 2.54 bits per heavy atom. The highest BCUT2D eigenvalue weighted by Gasteiger charge is 2.34. The fourth-order valence-electron chi connectivity index (χ4n) is 2.77. The van der Waals surface area contributed by atoms with E-state index in [9.17, 15) is 0 Å². The Morgan fingerprint density at radius 1 is 1.31 bits per heavy atom. The fourth-order valence-corrected chi connectivity index (χ4v) is 2.77. The van der Waals surface area contributed by atoms with Crippen LogP contribution in [0.1, 0.15) is 51.9 Å². The minimum atomic E-state index is 0.120. The van der Waals surface area contributed by atoms with Crippen LogP contribution in [-0.2, 0) is 4.74 Å². The first-order valence-corrected chi connectivity index (χ1v) is 5.62. The number of hydrogen-bond donors (Lipinski definition) is 1. The molecule has 0 aromatic carbocycles. The zero-order valence-electron chi connectivity index (χ0n) is 8.59. The first-order valence-electron chi connectivity index (χ1n) is 5.62. The molecule has 13 heavy (non-hydrogen) atoms. The van der Waals surface area contributed by atoms with Gasteiger partial charge in [-0.15, -0.1) is 0 Å². The standard InChI is InChI=1S/C11H21NO/c1-9-4-5-10(13-9)8-11(12)6-2-3-7-11/h9-10H,2-8,12H2,1H3. The van der Waals surface area contributed by atoms with E-state index in [1.54, 1.807) is 0 Å². The quantitative estimate of drug-likeness (QED) is 0.712. The summed E-state index contributed by atoms with van der Waals surface area (Å²) < 4.78 is 5.81. The summed E-state index contributed by atoms with van der Waals surface area (Å²) in [6.45, 7) is 2.16. The van der Waals surface area contributed by atoms with Gasteiger partial charge in [-0.2, -0.15) is 0 Å². The summed E-state index contributed by atoms with van der Waals surface area (Å²) in [7, 11) is 0. The van der Waals surface area contributed by atoms with Crippen molar-refractivity contribution >= 4 is 0 Å². The Labute approximate surface area is 80.8 Å². The summed E-state index contributed by atoms with van der Waals surface area (Å²) in [5.74, 6) is 0. The summed E-state index contributed by atoms with van der Waals surface area (Å²) in [6, 6.07) is 0. The molecular formula is C11H21NO. The van der Waals surface area contributed by atoms with Crippen molar-refractivity contribution in [3.05, 3.63) is 0 Å². The first-order chi connectivity index (χ1) is 6.18. The molecular weight excluding hydrogens is 162 g/mol. The molecule has 1 saturated heterocycles. The monoisotopic (exact) mass is 183 g/mol. The third kappa shape index (κ3) is 2.23. The highest BCUT2D eigenvalue weighted by Crippen LogP contribution is 2.34. The molecule has 1 heterocycles. The van der Waals surface area contributed by atoms with Gasteiger partial charge in [0.2, 0.25) is 0 Å². The number of hydrogen-bond acceptors (Lipinski definition) is 2. The van der Waals surface area contributed by atoms with Crippen LogP contribution in [0, 0.1) is 0 Å². The summed E-state index contributed by atoms with van der Waals surface area (Å²) in [5, 5.41) is 0. The summed E-state index contributed by atoms with van der Waals surface area (Å²) >= 11 is 0. The number of ether oxygens (including phenoxy) is 1. The predicted octanol–water partition coefficient (Wildman–Crippen LogP) is 2.22. The van der Waals surface area contributed by atoms with Gasteiger partial charge in [-0.25, -0.2) is 0 Å². The van der Waals surface area contributed by atoms with Crippen LogP contribution in [0.4, 0.5) is 0 Å². The zero-order chi connectivity index (χ0) is 9.31. The molecule has 2 N–H and O–H groups in total. The van der Waals surface area contributed by atoms with Gasteiger partial charge >= 0.3 is 0 Å². The summed E-state index contributed by atoms with van der Waals surface area (Å²) in [4.78, 5) is 0. The molecule has 2 aliphatic rings. The van der Waals surface area contributed by atoms with Gasteiger partial charge in [0.1, 0.15) is 0 Å². The molecule has 0 aromatic rings. The van der Waals surface area contributed by atoms with E-state index in [1.807, 2.05) is 0 Å². The first kappa shape index (κ1) is 9.47. The van der Waals surface area contributed by atoms with Crippen LogP contribution in [-0.4, -0.2) is 17.7 Å². The van der Waals surface area contributed by atoms with Crippen LogP contribution < -0.4 is 5.73 Å². The minimum absolute atomic E-state index is 0.120. The molecule has 2 nitrogen and oxygen atoms in total. The minimum Gasteiger partial charge on any atom is -0.375 e. The van der Waals surface area contributed by atoms with E-state index in [0.717, 1.165) is 6.42 Å². The molecule has 1 saturated carbocycles. The van der Waals surface area contributed by atoms with Crippen molar-refractivity contribution in [1.82, 2.24) is 0 Å². The molecule has 2 rings (SSSR count). The van der Waals surface area contributed by atoms with E-state index in [2.05, 4.69) is 6.92 Å². The zero-order valence-corrected chi connectivity index (χ0v) is 8.59. The van der Waals surface area contributed by atoms with E-state index in [4.69, 9.17) is 10.5 Å².